The SMILES string of the molecule is CNc1nc(-c2ccccc2)nc2c1nnn2[C@@H]1O[C@H](CO)[C@@H](O)[C@H]1O. The quantitative estimate of drug-likeness (QED) is 0.488. The standard InChI is InChI=1S/C16H18N6O4/c1-17-14-10-15(19-13(18-14)8-5-3-2-4-6-8)22(21-20-10)16-12(25)11(24)9(7-23)26-16/h2-6,9,11-12,16,23-25H,7H2,1H3,(H,17,18,19)/t9-,11-,12-,16-/m1/s1. The number of aliphatic hydroxyl groups excluding tert-OH is 3. The first-order valence-electron chi connectivity index (χ1n) is 8.12. The summed E-state index contributed by atoms with van der Waals surface area (Å²) in [6.45, 7) is -0.423. The van der Waals surface area contributed by atoms with E-state index in [1.165, 1.54) is 4.68 Å². The van der Waals surface area contributed by atoms with Crippen LogP contribution in [0.3, 0.4) is 0 Å². The molecule has 0 spiro atoms. The molecule has 0 unspecified atom stereocenters. The number of fused-ring (bicyclic) bond motifs is 1. The monoisotopic (exact) mass is 358 g/mol. The third kappa shape index (κ3) is 2.59. The van der Waals surface area contributed by atoms with Crippen molar-refractivity contribution in [2.45, 2.75) is 24.5 Å². The zero-order chi connectivity index (χ0) is 18.3. The van der Waals surface area contributed by atoms with Crippen molar-refractivity contribution >= 4 is 17.0 Å². The molecule has 3 heterocycles. The zero-order valence-electron chi connectivity index (χ0n) is 13.9. The number of ether oxygens (including phenoxy) is 1. The van der Waals surface area contributed by atoms with Gasteiger partial charge in [-0.3, -0.25) is 0 Å². The largest absolute Gasteiger partial charge is 0.394 e. The summed E-state index contributed by atoms with van der Waals surface area (Å²) in [5, 5.41) is 40.6. The van der Waals surface area contributed by atoms with Gasteiger partial charge in [0.25, 0.3) is 0 Å². The maximum atomic E-state index is 10.3. The molecule has 0 amide bonds. The summed E-state index contributed by atoms with van der Waals surface area (Å²) < 4.78 is 6.84. The molecule has 4 N–H and O–H groups in total. The molecule has 0 bridgehead atoms. The molecule has 10 nitrogen and oxygen atoms in total. The lowest BCUT2D eigenvalue weighted by atomic mass is 10.1. The Morgan fingerprint density at radius 1 is 1.15 bits per heavy atom. The van der Waals surface area contributed by atoms with Gasteiger partial charge < -0.3 is 25.4 Å². The summed E-state index contributed by atoms with van der Waals surface area (Å²) in [6.07, 6.45) is -4.43. The first-order valence-corrected chi connectivity index (χ1v) is 8.12. The van der Waals surface area contributed by atoms with Gasteiger partial charge in [0.2, 0.25) is 0 Å². The van der Waals surface area contributed by atoms with Gasteiger partial charge in [-0.2, -0.15) is 4.68 Å². The predicted octanol–water partition coefficient (Wildman–Crippen LogP) is -0.459. The lowest BCUT2D eigenvalue weighted by Gasteiger charge is -2.15. The van der Waals surface area contributed by atoms with Crippen LogP contribution in [0, 0.1) is 0 Å². The Morgan fingerprint density at radius 2 is 1.92 bits per heavy atom. The molecule has 0 radical (unpaired) electrons. The summed E-state index contributed by atoms with van der Waals surface area (Å²) in [5.74, 6) is 0.935. The number of hydrogen-bond donors (Lipinski definition) is 4. The zero-order valence-corrected chi connectivity index (χ0v) is 13.9. The molecule has 4 atom stereocenters. The van der Waals surface area contributed by atoms with Crippen LogP contribution in [0.2, 0.25) is 0 Å². The van der Waals surface area contributed by atoms with Gasteiger partial charge in [-0.15, -0.1) is 5.10 Å². The van der Waals surface area contributed by atoms with Crippen LogP contribution >= 0.6 is 0 Å². The third-order valence-electron chi connectivity index (χ3n) is 4.35. The molecule has 2 aromatic heterocycles. The first-order chi connectivity index (χ1) is 12.6. The lowest BCUT2D eigenvalue weighted by molar-refractivity contribution is -0.0574. The minimum absolute atomic E-state index is 0.345. The van der Waals surface area contributed by atoms with Gasteiger partial charge in [0, 0.05) is 12.6 Å². The van der Waals surface area contributed by atoms with Crippen molar-refractivity contribution in [3.05, 3.63) is 30.3 Å². The number of nitrogens with one attached hydrogen (secondary N) is 1. The smallest absolute Gasteiger partial charge is 0.187 e. The van der Waals surface area contributed by atoms with E-state index in [-0.39, 0.29) is 0 Å². The number of rotatable bonds is 4. The molecule has 10 heteroatoms. The number of hydrogen-bond acceptors (Lipinski definition) is 9. The van der Waals surface area contributed by atoms with Crippen molar-refractivity contribution in [2.24, 2.45) is 0 Å². The normalized spacial score (nSPS) is 25.7. The molecule has 26 heavy (non-hydrogen) atoms. The number of aliphatic hydroxyl groups is 3. The Bertz CT molecular complexity index is 918. The Hall–Kier alpha value is -2.66. The molecular weight excluding hydrogens is 340 g/mol. The maximum Gasteiger partial charge on any atom is 0.187 e. The number of benzene rings is 1. The summed E-state index contributed by atoms with van der Waals surface area (Å²) >= 11 is 0. The minimum Gasteiger partial charge on any atom is -0.394 e. The first kappa shape index (κ1) is 16.8. The van der Waals surface area contributed by atoms with Crippen LogP contribution in [0.1, 0.15) is 6.23 Å². The molecule has 0 aliphatic carbocycles. The van der Waals surface area contributed by atoms with Crippen molar-refractivity contribution in [1.29, 1.82) is 0 Å². The second kappa shape index (κ2) is 6.57. The van der Waals surface area contributed by atoms with Gasteiger partial charge in [-0.05, 0) is 0 Å². The molecular formula is C16H18N6O4. The fourth-order valence-corrected chi connectivity index (χ4v) is 2.97. The van der Waals surface area contributed by atoms with Crippen LogP contribution < -0.4 is 5.32 Å². The third-order valence-corrected chi connectivity index (χ3v) is 4.35. The lowest BCUT2D eigenvalue weighted by Crippen LogP contribution is -2.33. The second-order valence-corrected chi connectivity index (χ2v) is 5.95. The molecule has 1 fully saturated rings. The van der Waals surface area contributed by atoms with Gasteiger partial charge >= 0.3 is 0 Å². The van der Waals surface area contributed by atoms with E-state index in [1.807, 2.05) is 30.3 Å². The van der Waals surface area contributed by atoms with Crippen molar-refractivity contribution in [2.75, 3.05) is 19.0 Å². The van der Waals surface area contributed by atoms with E-state index >= 15 is 0 Å². The fourth-order valence-electron chi connectivity index (χ4n) is 2.97. The van der Waals surface area contributed by atoms with E-state index in [2.05, 4.69) is 25.6 Å². The van der Waals surface area contributed by atoms with E-state index in [9.17, 15) is 15.3 Å². The van der Waals surface area contributed by atoms with E-state index in [0.29, 0.717) is 22.8 Å². The Kier molecular flexibility index (Phi) is 4.24. The van der Waals surface area contributed by atoms with E-state index in [0.717, 1.165) is 5.56 Å². The second-order valence-electron chi connectivity index (χ2n) is 5.95. The Morgan fingerprint density at radius 3 is 2.58 bits per heavy atom. The Labute approximate surface area is 148 Å². The van der Waals surface area contributed by atoms with Crippen LogP contribution in [-0.2, 0) is 4.74 Å². The van der Waals surface area contributed by atoms with Gasteiger partial charge in [-0.25, -0.2) is 9.97 Å². The van der Waals surface area contributed by atoms with E-state index in [4.69, 9.17) is 4.74 Å². The van der Waals surface area contributed by atoms with Gasteiger partial charge in [-0.1, -0.05) is 35.5 Å². The fraction of sp³-hybridized carbons (Fsp3) is 0.375. The van der Waals surface area contributed by atoms with Crippen molar-refractivity contribution < 1.29 is 20.1 Å². The van der Waals surface area contributed by atoms with Crippen molar-refractivity contribution in [3.8, 4) is 11.4 Å². The molecule has 1 aromatic carbocycles. The molecule has 3 aromatic rings. The van der Waals surface area contributed by atoms with Crippen LogP contribution in [0.4, 0.5) is 5.82 Å². The van der Waals surface area contributed by atoms with Crippen LogP contribution in [0.25, 0.3) is 22.6 Å². The topological polar surface area (TPSA) is 138 Å². The molecule has 1 aliphatic heterocycles. The number of nitrogens with zero attached hydrogens (tertiary/aromatic N) is 5. The summed E-state index contributed by atoms with van der Waals surface area (Å²) in [6, 6.07) is 9.40. The molecule has 0 saturated carbocycles. The number of aromatic nitrogens is 5. The molecule has 1 saturated heterocycles. The van der Waals surface area contributed by atoms with Crippen molar-refractivity contribution in [1.82, 2.24) is 25.0 Å². The summed E-state index contributed by atoms with van der Waals surface area (Å²) in [4.78, 5) is 8.98. The maximum absolute atomic E-state index is 10.3. The highest BCUT2D eigenvalue weighted by Crippen LogP contribution is 2.32. The highest BCUT2D eigenvalue weighted by Gasteiger charge is 2.44. The van der Waals surface area contributed by atoms with Crippen LogP contribution in [0.15, 0.2) is 30.3 Å². The van der Waals surface area contributed by atoms with Crippen LogP contribution in [-0.4, -0.2) is 72.2 Å². The predicted molar refractivity (Wildman–Crippen MR) is 91.1 cm³/mol. The summed E-state index contributed by atoms with van der Waals surface area (Å²) in [5.41, 5.74) is 1.56. The van der Waals surface area contributed by atoms with E-state index in [1.54, 1.807) is 7.05 Å². The molecule has 1 aliphatic rings. The highest BCUT2D eigenvalue weighted by molar-refractivity contribution is 5.84. The average molecular weight is 358 g/mol. The summed E-state index contributed by atoms with van der Waals surface area (Å²) in [7, 11) is 1.71. The van der Waals surface area contributed by atoms with Gasteiger partial charge in [0.15, 0.2) is 29.0 Å². The van der Waals surface area contributed by atoms with Gasteiger partial charge in [0.1, 0.15) is 18.3 Å². The highest BCUT2D eigenvalue weighted by atomic mass is 16.6. The van der Waals surface area contributed by atoms with Crippen molar-refractivity contribution in [3.63, 3.8) is 0 Å². The molecule has 4 rings (SSSR count). The Balaban J connectivity index is 1.84. The average Bonchev–Trinajstić information content (AvgIpc) is 3.23. The minimum atomic E-state index is -1.27. The van der Waals surface area contributed by atoms with E-state index < -0.39 is 31.1 Å². The van der Waals surface area contributed by atoms with Crippen LogP contribution in [0.5, 0.6) is 0 Å². The van der Waals surface area contributed by atoms with Gasteiger partial charge in [0.05, 0.1) is 6.61 Å². The number of anilines is 1. The molecule has 136 valence electrons.